The number of halogens is 3. The van der Waals surface area contributed by atoms with Crippen LogP contribution >= 0.6 is 34.8 Å². The van der Waals surface area contributed by atoms with Gasteiger partial charge in [0.2, 0.25) is 0 Å². The zero-order chi connectivity index (χ0) is 15.6. The summed E-state index contributed by atoms with van der Waals surface area (Å²) in [6.07, 6.45) is 0. The molecular formula is C13H11Cl3N2O2S. The lowest BCUT2D eigenvalue weighted by Gasteiger charge is -2.11. The van der Waals surface area contributed by atoms with Crippen molar-refractivity contribution in [3.05, 3.63) is 57.0 Å². The second kappa shape index (κ2) is 6.42. The average Bonchev–Trinajstić information content (AvgIpc) is 2.44. The maximum atomic E-state index is 12.3. The first-order valence-electron chi connectivity index (χ1n) is 5.80. The summed E-state index contributed by atoms with van der Waals surface area (Å²) in [7, 11) is -3.79. The maximum absolute atomic E-state index is 12.3. The van der Waals surface area contributed by atoms with E-state index >= 15 is 0 Å². The highest BCUT2D eigenvalue weighted by Crippen LogP contribution is 2.33. The molecule has 0 bridgehead atoms. The van der Waals surface area contributed by atoms with Crippen LogP contribution in [0.1, 0.15) is 5.56 Å². The molecule has 4 nitrogen and oxygen atoms in total. The molecule has 0 unspecified atom stereocenters. The van der Waals surface area contributed by atoms with Crippen molar-refractivity contribution in [1.29, 1.82) is 0 Å². The Kier molecular flexibility index (Phi) is 5.01. The summed E-state index contributed by atoms with van der Waals surface area (Å²) < 4.78 is 27.0. The number of rotatable bonds is 4. The summed E-state index contributed by atoms with van der Waals surface area (Å²) >= 11 is 17.6. The van der Waals surface area contributed by atoms with Gasteiger partial charge in [-0.3, -0.25) is 4.72 Å². The number of nitrogens with two attached hydrogens (primary N) is 1. The van der Waals surface area contributed by atoms with E-state index in [9.17, 15) is 8.42 Å². The molecule has 8 heteroatoms. The Hall–Kier alpha value is -0.980. The van der Waals surface area contributed by atoms with E-state index < -0.39 is 10.0 Å². The van der Waals surface area contributed by atoms with Crippen LogP contribution in [-0.2, 0) is 16.6 Å². The van der Waals surface area contributed by atoms with Crippen molar-refractivity contribution in [3.63, 3.8) is 0 Å². The van der Waals surface area contributed by atoms with Crippen molar-refractivity contribution in [2.75, 3.05) is 4.72 Å². The van der Waals surface area contributed by atoms with Crippen LogP contribution in [0.4, 0.5) is 5.69 Å². The van der Waals surface area contributed by atoms with E-state index in [2.05, 4.69) is 4.72 Å². The van der Waals surface area contributed by atoms with Gasteiger partial charge in [0, 0.05) is 6.54 Å². The van der Waals surface area contributed by atoms with Crippen molar-refractivity contribution >= 4 is 50.5 Å². The molecule has 0 atom stereocenters. The molecule has 112 valence electrons. The standard InChI is InChI=1S/C13H11Cl3N2O2S/c14-10-5-12(16)13(6-11(10)15)18-21(19,20)9-3-1-2-8(4-9)7-17/h1-6,18H,7,17H2. The van der Waals surface area contributed by atoms with Crippen LogP contribution in [0.15, 0.2) is 41.3 Å². The number of sulfonamides is 1. The fourth-order valence-electron chi connectivity index (χ4n) is 1.64. The Morgan fingerprint density at radius 1 is 1.00 bits per heavy atom. The van der Waals surface area contributed by atoms with Gasteiger partial charge in [0.25, 0.3) is 10.0 Å². The monoisotopic (exact) mass is 364 g/mol. The number of nitrogens with one attached hydrogen (secondary N) is 1. The summed E-state index contributed by atoms with van der Waals surface area (Å²) in [4.78, 5) is 0.0904. The second-order valence-corrected chi connectivity index (χ2v) is 7.11. The van der Waals surface area contributed by atoms with Gasteiger partial charge in [-0.15, -0.1) is 0 Å². The molecule has 0 saturated heterocycles. The van der Waals surface area contributed by atoms with Crippen molar-refractivity contribution < 1.29 is 8.42 Å². The number of anilines is 1. The van der Waals surface area contributed by atoms with Gasteiger partial charge in [0.1, 0.15) is 0 Å². The molecule has 0 amide bonds. The Morgan fingerprint density at radius 3 is 2.33 bits per heavy atom. The third-order valence-electron chi connectivity index (χ3n) is 2.70. The van der Waals surface area contributed by atoms with Crippen molar-refractivity contribution in [1.82, 2.24) is 0 Å². The maximum Gasteiger partial charge on any atom is 0.261 e. The average molecular weight is 366 g/mol. The molecule has 21 heavy (non-hydrogen) atoms. The molecule has 0 aliphatic heterocycles. The summed E-state index contributed by atoms with van der Waals surface area (Å²) in [5.74, 6) is 0. The summed E-state index contributed by atoms with van der Waals surface area (Å²) in [5, 5.41) is 0.604. The van der Waals surface area contributed by atoms with Crippen LogP contribution in [0.3, 0.4) is 0 Å². The molecule has 3 N–H and O–H groups in total. The Labute approximate surface area is 137 Å². The SMILES string of the molecule is NCc1cccc(S(=O)(=O)Nc2cc(Cl)c(Cl)cc2Cl)c1. The van der Waals surface area contributed by atoms with Gasteiger partial charge >= 0.3 is 0 Å². The fraction of sp³-hybridized carbons (Fsp3) is 0.0769. The van der Waals surface area contributed by atoms with Gasteiger partial charge in [-0.05, 0) is 29.8 Å². The Bertz CT molecular complexity index is 779. The van der Waals surface area contributed by atoms with Crippen LogP contribution in [0.2, 0.25) is 15.1 Å². The van der Waals surface area contributed by atoms with Crippen molar-refractivity contribution in [2.45, 2.75) is 11.4 Å². The molecular weight excluding hydrogens is 355 g/mol. The highest BCUT2D eigenvalue weighted by atomic mass is 35.5. The molecule has 0 aliphatic carbocycles. The molecule has 0 fully saturated rings. The predicted molar refractivity (Wildman–Crippen MR) is 86.6 cm³/mol. The zero-order valence-electron chi connectivity index (χ0n) is 10.6. The van der Waals surface area contributed by atoms with Crippen LogP contribution in [0, 0.1) is 0 Å². The summed E-state index contributed by atoms with van der Waals surface area (Å²) in [6, 6.07) is 9.05. The summed E-state index contributed by atoms with van der Waals surface area (Å²) in [5.41, 5.74) is 6.37. The highest BCUT2D eigenvalue weighted by Gasteiger charge is 2.17. The smallest absolute Gasteiger partial charge is 0.261 e. The number of hydrogen-bond donors (Lipinski definition) is 2. The van der Waals surface area contributed by atoms with Crippen LogP contribution in [-0.4, -0.2) is 8.42 Å². The normalized spacial score (nSPS) is 11.4. The quantitative estimate of drug-likeness (QED) is 0.807. The van der Waals surface area contributed by atoms with E-state index in [1.54, 1.807) is 12.1 Å². The number of benzene rings is 2. The minimum Gasteiger partial charge on any atom is -0.326 e. The lowest BCUT2D eigenvalue weighted by molar-refractivity contribution is 0.601. The topological polar surface area (TPSA) is 72.2 Å². The first-order chi connectivity index (χ1) is 9.83. The molecule has 2 aromatic rings. The molecule has 2 rings (SSSR count). The van der Waals surface area contributed by atoms with E-state index in [0.717, 1.165) is 0 Å². The lowest BCUT2D eigenvalue weighted by Crippen LogP contribution is -2.14. The third kappa shape index (κ3) is 3.81. The van der Waals surface area contributed by atoms with Gasteiger partial charge in [0.15, 0.2) is 0 Å². The molecule has 0 heterocycles. The molecule has 0 saturated carbocycles. The highest BCUT2D eigenvalue weighted by molar-refractivity contribution is 7.92. The fourth-order valence-corrected chi connectivity index (χ4v) is 3.43. The third-order valence-corrected chi connectivity index (χ3v) is 5.10. The molecule has 0 aromatic heterocycles. The van der Waals surface area contributed by atoms with Crippen LogP contribution in [0.5, 0.6) is 0 Å². The predicted octanol–water partition coefficient (Wildman–Crippen LogP) is 3.91. The lowest BCUT2D eigenvalue weighted by atomic mass is 10.2. The van der Waals surface area contributed by atoms with Crippen molar-refractivity contribution in [3.8, 4) is 0 Å². The molecule has 0 spiro atoms. The van der Waals surface area contributed by atoms with Crippen molar-refractivity contribution in [2.24, 2.45) is 5.73 Å². The van der Waals surface area contributed by atoms with E-state index in [4.69, 9.17) is 40.5 Å². The first kappa shape index (κ1) is 16.4. The molecule has 0 aliphatic rings. The molecule has 0 radical (unpaired) electrons. The van der Waals surface area contributed by atoms with Gasteiger partial charge in [-0.1, -0.05) is 46.9 Å². The van der Waals surface area contributed by atoms with Crippen LogP contribution < -0.4 is 10.5 Å². The van der Waals surface area contributed by atoms with Gasteiger partial charge in [0.05, 0.1) is 25.7 Å². The van der Waals surface area contributed by atoms with Crippen LogP contribution in [0.25, 0.3) is 0 Å². The minimum atomic E-state index is -3.79. The van der Waals surface area contributed by atoms with E-state index in [-0.39, 0.29) is 32.2 Å². The van der Waals surface area contributed by atoms with E-state index in [0.29, 0.717) is 5.56 Å². The largest absolute Gasteiger partial charge is 0.326 e. The van der Waals surface area contributed by atoms with Gasteiger partial charge in [-0.2, -0.15) is 0 Å². The zero-order valence-corrected chi connectivity index (χ0v) is 13.7. The summed E-state index contributed by atoms with van der Waals surface area (Å²) in [6.45, 7) is 0.247. The Morgan fingerprint density at radius 2 is 1.67 bits per heavy atom. The van der Waals surface area contributed by atoms with Gasteiger partial charge in [-0.25, -0.2) is 8.42 Å². The minimum absolute atomic E-state index is 0.0904. The molecule has 2 aromatic carbocycles. The van der Waals surface area contributed by atoms with E-state index in [1.807, 2.05) is 0 Å². The van der Waals surface area contributed by atoms with E-state index in [1.165, 1.54) is 24.3 Å². The number of hydrogen-bond acceptors (Lipinski definition) is 3. The second-order valence-electron chi connectivity index (χ2n) is 4.20. The van der Waals surface area contributed by atoms with Gasteiger partial charge < -0.3 is 5.73 Å². The Balaban J connectivity index is 2.39. The first-order valence-corrected chi connectivity index (χ1v) is 8.41.